The molecule has 0 radical (unpaired) electrons. The van der Waals surface area contributed by atoms with Crippen LogP contribution in [0.3, 0.4) is 0 Å². The van der Waals surface area contributed by atoms with Gasteiger partial charge in [0.2, 0.25) is 0 Å². The Morgan fingerprint density at radius 1 is 1.35 bits per heavy atom. The lowest BCUT2D eigenvalue weighted by Crippen LogP contribution is -2.44. The van der Waals surface area contributed by atoms with Crippen LogP contribution in [0.4, 0.5) is 5.82 Å². The quantitative estimate of drug-likeness (QED) is 0.674. The minimum Gasteiger partial charge on any atom is -0.480 e. The number of carbonyl (C=O) groups excluding carboxylic acids is 1. The Bertz CT molecular complexity index is 433. The van der Waals surface area contributed by atoms with Crippen LogP contribution in [0.1, 0.15) is 24.3 Å². The SMILES string of the molecule is CC(C)[C@H](NC(=O)c1nccnc1N)C(=O)O. The van der Waals surface area contributed by atoms with Crippen molar-refractivity contribution in [2.75, 3.05) is 5.73 Å². The highest BCUT2D eigenvalue weighted by Gasteiger charge is 2.25. The van der Waals surface area contributed by atoms with Crippen LogP contribution in [0.2, 0.25) is 0 Å². The summed E-state index contributed by atoms with van der Waals surface area (Å²) in [6, 6.07) is -0.982. The van der Waals surface area contributed by atoms with Gasteiger partial charge in [0, 0.05) is 12.4 Å². The van der Waals surface area contributed by atoms with E-state index in [1.807, 2.05) is 0 Å². The van der Waals surface area contributed by atoms with Crippen molar-refractivity contribution in [1.29, 1.82) is 0 Å². The molecule has 0 spiro atoms. The molecule has 92 valence electrons. The molecule has 0 aliphatic carbocycles. The molecule has 0 aliphatic rings. The van der Waals surface area contributed by atoms with Crippen molar-refractivity contribution in [2.24, 2.45) is 5.92 Å². The van der Waals surface area contributed by atoms with Crippen molar-refractivity contribution in [2.45, 2.75) is 19.9 Å². The van der Waals surface area contributed by atoms with E-state index in [1.165, 1.54) is 12.4 Å². The Balaban J connectivity index is 2.85. The first-order chi connectivity index (χ1) is 7.93. The van der Waals surface area contributed by atoms with Crippen LogP contribution in [0.5, 0.6) is 0 Å². The van der Waals surface area contributed by atoms with Crippen LogP contribution < -0.4 is 11.1 Å². The molecule has 0 aliphatic heterocycles. The highest BCUT2D eigenvalue weighted by Crippen LogP contribution is 2.06. The summed E-state index contributed by atoms with van der Waals surface area (Å²) in [6.45, 7) is 3.39. The molecule has 1 heterocycles. The van der Waals surface area contributed by atoms with Gasteiger partial charge in [-0.25, -0.2) is 14.8 Å². The number of aliphatic carboxylic acids is 1. The fourth-order valence-electron chi connectivity index (χ4n) is 1.25. The van der Waals surface area contributed by atoms with Gasteiger partial charge in [0.25, 0.3) is 5.91 Å². The van der Waals surface area contributed by atoms with E-state index in [4.69, 9.17) is 10.8 Å². The zero-order valence-electron chi connectivity index (χ0n) is 9.54. The Labute approximate surface area is 98.1 Å². The second kappa shape index (κ2) is 5.24. The first kappa shape index (κ1) is 12.9. The average molecular weight is 238 g/mol. The first-order valence-corrected chi connectivity index (χ1v) is 5.03. The molecule has 0 aromatic carbocycles. The molecule has 0 saturated carbocycles. The molecule has 1 aromatic heterocycles. The molecule has 0 fully saturated rings. The average Bonchev–Trinajstić information content (AvgIpc) is 2.25. The number of aromatic nitrogens is 2. The van der Waals surface area contributed by atoms with E-state index in [0.717, 1.165) is 0 Å². The predicted octanol–water partition coefficient (Wildman–Crippen LogP) is -0.102. The van der Waals surface area contributed by atoms with Gasteiger partial charge < -0.3 is 16.2 Å². The molecule has 0 unspecified atom stereocenters. The third-order valence-electron chi connectivity index (χ3n) is 2.16. The van der Waals surface area contributed by atoms with Gasteiger partial charge in [-0.05, 0) is 5.92 Å². The summed E-state index contributed by atoms with van der Waals surface area (Å²) in [5, 5.41) is 11.3. The maximum absolute atomic E-state index is 11.7. The second-order valence-electron chi connectivity index (χ2n) is 3.82. The van der Waals surface area contributed by atoms with Gasteiger partial charge in [-0.2, -0.15) is 0 Å². The summed E-state index contributed by atoms with van der Waals surface area (Å²) in [5.41, 5.74) is 5.40. The number of carbonyl (C=O) groups is 2. The van der Waals surface area contributed by atoms with Crippen LogP contribution in [0.15, 0.2) is 12.4 Å². The topological polar surface area (TPSA) is 118 Å². The van der Waals surface area contributed by atoms with Crippen molar-refractivity contribution in [3.05, 3.63) is 18.1 Å². The van der Waals surface area contributed by atoms with Gasteiger partial charge in [-0.3, -0.25) is 4.79 Å². The lowest BCUT2D eigenvalue weighted by Gasteiger charge is -2.17. The number of nitrogen functional groups attached to an aromatic ring is 1. The Hall–Kier alpha value is -2.18. The van der Waals surface area contributed by atoms with Gasteiger partial charge >= 0.3 is 5.97 Å². The normalized spacial score (nSPS) is 12.2. The number of amides is 1. The molecule has 1 rings (SSSR count). The number of nitrogens with two attached hydrogens (primary N) is 1. The largest absolute Gasteiger partial charge is 0.480 e. The molecule has 7 heteroatoms. The number of hydrogen-bond acceptors (Lipinski definition) is 5. The third kappa shape index (κ3) is 3.13. The fourth-order valence-corrected chi connectivity index (χ4v) is 1.25. The summed E-state index contributed by atoms with van der Waals surface area (Å²) < 4.78 is 0. The van der Waals surface area contributed by atoms with E-state index in [9.17, 15) is 9.59 Å². The van der Waals surface area contributed by atoms with Crippen LogP contribution >= 0.6 is 0 Å². The second-order valence-corrected chi connectivity index (χ2v) is 3.82. The molecule has 0 saturated heterocycles. The molecule has 1 aromatic rings. The standard InChI is InChI=1S/C10H14N4O3/c1-5(2)6(10(16)17)14-9(15)7-8(11)13-4-3-12-7/h3-6H,1-2H3,(H2,11,13)(H,14,15)(H,16,17)/t6-/m0/s1. The lowest BCUT2D eigenvalue weighted by atomic mass is 10.0. The highest BCUT2D eigenvalue weighted by molar-refractivity contribution is 5.98. The lowest BCUT2D eigenvalue weighted by molar-refractivity contribution is -0.140. The zero-order valence-corrected chi connectivity index (χ0v) is 9.54. The minimum atomic E-state index is -1.10. The van der Waals surface area contributed by atoms with Crippen LogP contribution in [-0.4, -0.2) is 33.0 Å². The summed E-state index contributed by atoms with van der Waals surface area (Å²) in [4.78, 5) is 30.1. The van der Waals surface area contributed by atoms with E-state index < -0.39 is 17.9 Å². The zero-order chi connectivity index (χ0) is 13.0. The Kier molecular flexibility index (Phi) is 3.97. The molecule has 1 atom stereocenters. The molecular weight excluding hydrogens is 224 g/mol. The van der Waals surface area contributed by atoms with Crippen molar-refractivity contribution in [1.82, 2.24) is 15.3 Å². The molecular formula is C10H14N4O3. The Morgan fingerprint density at radius 3 is 2.41 bits per heavy atom. The molecule has 0 bridgehead atoms. The Morgan fingerprint density at radius 2 is 1.94 bits per heavy atom. The van der Waals surface area contributed by atoms with E-state index >= 15 is 0 Å². The molecule has 17 heavy (non-hydrogen) atoms. The maximum atomic E-state index is 11.7. The predicted molar refractivity (Wildman–Crippen MR) is 60.2 cm³/mol. The van der Waals surface area contributed by atoms with Crippen LogP contribution in [0, 0.1) is 5.92 Å². The number of carboxylic acid groups (broad SMARTS) is 1. The van der Waals surface area contributed by atoms with Crippen LogP contribution in [0.25, 0.3) is 0 Å². The number of rotatable bonds is 4. The van der Waals surface area contributed by atoms with E-state index in [-0.39, 0.29) is 17.4 Å². The minimum absolute atomic E-state index is 0.0297. The van der Waals surface area contributed by atoms with Gasteiger partial charge in [-0.15, -0.1) is 0 Å². The first-order valence-electron chi connectivity index (χ1n) is 5.03. The number of nitrogens with zero attached hydrogens (tertiary/aromatic N) is 2. The van der Waals surface area contributed by atoms with Gasteiger partial charge in [0.15, 0.2) is 11.5 Å². The molecule has 1 amide bonds. The van der Waals surface area contributed by atoms with Crippen molar-refractivity contribution in [3.63, 3.8) is 0 Å². The number of hydrogen-bond donors (Lipinski definition) is 3. The van der Waals surface area contributed by atoms with E-state index in [1.54, 1.807) is 13.8 Å². The number of nitrogens with one attached hydrogen (secondary N) is 1. The van der Waals surface area contributed by atoms with Crippen molar-refractivity contribution < 1.29 is 14.7 Å². The van der Waals surface area contributed by atoms with Crippen LogP contribution in [-0.2, 0) is 4.79 Å². The van der Waals surface area contributed by atoms with Gasteiger partial charge in [0.05, 0.1) is 0 Å². The highest BCUT2D eigenvalue weighted by atomic mass is 16.4. The van der Waals surface area contributed by atoms with Crippen molar-refractivity contribution in [3.8, 4) is 0 Å². The summed E-state index contributed by atoms with van der Waals surface area (Å²) in [5.74, 6) is -2.01. The van der Waals surface area contributed by atoms with E-state index in [0.29, 0.717) is 0 Å². The number of carboxylic acids is 1. The third-order valence-corrected chi connectivity index (χ3v) is 2.16. The summed E-state index contributed by atoms with van der Waals surface area (Å²) in [6.07, 6.45) is 2.67. The maximum Gasteiger partial charge on any atom is 0.326 e. The van der Waals surface area contributed by atoms with Gasteiger partial charge in [0.1, 0.15) is 6.04 Å². The monoisotopic (exact) mass is 238 g/mol. The van der Waals surface area contributed by atoms with Gasteiger partial charge in [-0.1, -0.05) is 13.8 Å². The molecule has 7 nitrogen and oxygen atoms in total. The summed E-state index contributed by atoms with van der Waals surface area (Å²) >= 11 is 0. The number of anilines is 1. The summed E-state index contributed by atoms with van der Waals surface area (Å²) in [7, 11) is 0. The van der Waals surface area contributed by atoms with Crippen molar-refractivity contribution >= 4 is 17.7 Å². The smallest absolute Gasteiger partial charge is 0.326 e. The fraction of sp³-hybridized carbons (Fsp3) is 0.400. The van der Waals surface area contributed by atoms with E-state index in [2.05, 4.69) is 15.3 Å². The molecule has 4 N–H and O–H groups in total.